The summed E-state index contributed by atoms with van der Waals surface area (Å²) in [5, 5.41) is 13.4. The van der Waals surface area contributed by atoms with Crippen molar-refractivity contribution in [1.82, 2.24) is 5.32 Å². The Morgan fingerprint density at radius 1 is 1.30 bits per heavy atom. The van der Waals surface area contributed by atoms with Crippen LogP contribution < -0.4 is 5.32 Å². The first-order valence-corrected chi connectivity index (χ1v) is 7.90. The number of nitriles is 1. The standard InChI is InChI=1S/C17H23ClN2/c1-2-17(11-12-19)9-7-16(8-10-17)20-13-14-3-5-15(18)6-4-14/h3-6,16,20H,2,7-11,13H2,1H3. The van der Waals surface area contributed by atoms with Crippen LogP contribution in [0.5, 0.6) is 0 Å². The van der Waals surface area contributed by atoms with E-state index >= 15 is 0 Å². The highest BCUT2D eigenvalue weighted by atomic mass is 35.5. The average molecular weight is 291 g/mol. The molecule has 1 N–H and O–H groups in total. The van der Waals surface area contributed by atoms with E-state index < -0.39 is 0 Å². The maximum Gasteiger partial charge on any atom is 0.0627 e. The van der Waals surface area contributed by atoms with Crippen molar-refractivity contribution in [1.29, 1.82) is 5.26 Å². The molecule has 0 unspecified atom stereocenters. The van der Waals surface area contributed by atoms with Crippen molar-refractivity contribution >= 4 is 11.6 Å². The van der Waals surface area contributed by atoms with Gasteiger partial charge in [0.2, 0.25) is 0 Å². The summed E-state index contributed by atoms with van der Waals surface area (Å²) in [7, 11) is 0. The molecule has 1 aromatic rings. The Morgan fingerprint density at radius 3 is 2.50 bits per heavy atom. The second kappa shape index (κ2) is 7.11. The van der Waals surface area contributed by atoms with E-state index in [1.165, 1.54) is 31.2 Å². The predicted molar refractivity (Wildman–Crippen MR) is 83.5 cm³/mol. The lowest BCUT2D eigenvalue weighted by atomic mass is 9.69. The second-order valence-corrected chi connectivity index (χ2v) is 6.41. The number of rotatable bonds is 5. The molecule has 2 rings (SSSR count). The molecule has 0 atom stereocenters. The van der Waals surface area contributed by atoms with Gasteiger partial charge in [-0.3, -0.25) is 0 Å². The molecule has 0 radical (unpaired) electrons. The fourth-order valence-electron chi connectivity index (χ4n) is 3.12. The highest BCUT2D eigenvalue weighted by Gasteiger charge is 2.33. The third kappa shape index (κ3) is 3.98. The third-order valence-corrected chi connectivity index (χ3v) is 5.01. The van der Waals surface area contributed by atoms with E-state index in [9.17, 15) is 0 Å². The van der Waals surface area contributed by atoms with Crippen LogP contribution in [0, 0.1) is 16.7 Å². The van der Waals surface area contributed by atoms with Crippen LogP contribution >= 0.6 is 11.6 Å². The lowest BCUT2D eigenvalue weighted by molar-refractivity contribution is 0.159. The molecule has 1 saturated carbocycles. The van der Waals surface area contributed by atoms with Crippen LogP contribution in [0.3, 0.4) is 0 Å². The van der Waals surface area contributed by atoms with Gasteiger partial charge in [0.25, 0.3) is 0 Å². The Morgan fingerprint density at radius 2 is 1.95 bits per heavy atom. The van der Waals surface area contributed by atoms with Crippen LogP contribution in [0.1, 0.15) is 51.0 Å². The van der Waals surface area contributed by atoms with Gasteiger partial charge in [0, 0.05) is 24.0 Å². The number of benzene rings is 1. The highest BCUT2D eigenvalue weighted by molar-refractivity contribution is 6.30. The zero-order chi connectivity index (χ0) is 14.4. The number of nitrogens with zero attached hydrogens (tertiary/aromatic N) is 1. The number of halogens is 1. The van der Waals surface area contributed by atoms with Gasteiger partial charge in [-0.25, -0.2) is 0 Å². The topological polar surface area (TPSA) is 35.8 Å². The quantitative estimate of drug-likeness (QED) is 0.854. The molecule has 0 saturated heterocycles. The summed E-state index contributed by atoms with van der Waals surface area (Å²) in [5.41, 5.74) is 1.56. The highest BCUT2D eigenvalue weighted by Crippen LogP contribution is 2.41. The maximum absolute atomic E-state index is 8.98. The smallest absolute Gasteiger partial charge is 0.0627 e. The maximum atomic E-state index is 8.98. The monoisotopic (exact) mass is 290 g/mol. The molecule has 1 aliphatic rings. The van der Waals surface area contributed by atoms with Gasteiger partial charge in [0.15, 0.2) is 0 Å². The molecule has 1 fully saturated rings. The van der Waals surface area contributed by atoms with Gasteiger partial charge < -0.3 is 5.32 Å². The van der Waals surface area contributed by atoms with E-state index in [0.29, 0.717) is 12.5 Å². The average Bonchev–Trinajstić information content (AvgIpc) is 2.48. The molecule has 108 valence electrons. The zero-order valence-corrected chi connectivity index (χ0v) is 12.9. The first-order chi connectivity index (χ1) is 9.67. The summed E-state index contributed by atoms with van der Waals surface area (Å²) in [5.74, 6) is 0. The lowest BCUT2D eigenvalue weighted by Gasteiger charge is -2.38. The molecular weight excluding hydrogens is 268 g/mol. The molecule has 0 heterocycles. The minimum atomic E-state index is 0.285. The molecule has 0 bridgehead atoms. The van der Waals surface area contributed by atoms with Crippen molar-refractivity contribution in [2.75, 3.05) is 0 Å². The molecule has 2 nitrogen and oxygen atoms in total. The summed E-state index contributed by atoms with van der Waals surface area (Å²) in [6.07, 6.45) is 6.56. The largest absolute Gasteiger partial charge is 0.310 e. The fourth-order valence-corrected chi connectivity index (χ4v) is 3.25. The summed E-state index contributed by atoms with van der Waals surface area (Å²) in [6.45, 7) is 3.12. The van der Waals surface area contributed by atoms with Crippen molar-refractivity contribution in [3.63, 3.8) is 0 Å². The molecule has 0 aliphatic heterocycles. The lowest BCUT2D eigenvalue weighted by Crippen LogP contribution is -2.37. The molecule has 20 heavy (non-hydrogen) atoms. The summed E-state index contributed by atoms with van der Waals surface area (Å²) >= 11 is 5.89. The number of hydrogen-bond donors (Lipinski definition) is 1. The Kier molecular flexibility index (Phi) is 5.46. The van der Waals surface area contributed by atoms with Crippen LogP contribution in [0.2, 0.25) is 5.02 Å². The SMILES string of the molecule is CCC1(CC#N)CCC(NCc2ccc(Cl)cc2)CC1. The van der Waals surface area contributed by atoms with Crippen molar-refractivity contribution < 1.29 is 0 Å². The molecule has 1 aromatic carbocycles. The first kappa shape index (κ1) is 15.4. The van der Waals surface area contributed by atoms with Gasteiger partial charge in [-0.2, -0.15) is 5.26 Å². The predicted octanol–water partition coefficient (Wildman–Crippen LogP) is 4.68. The Balaban J connectivity index is 1.80. The molecule has 1 aliphatic carbocycles. The van der Waals surface area contributed by atoms with E-state index in [0.717, 1.165) is 18.0 Å². The van der Waals surface area contributed by atoms with Crippen LogP contribution in [0.25, 0.3) is 0 Å². The van der Waals surface area contributed by atoms with Crippen LogP contribution in [0.15, 0.2) is 24.3 Å². The van der Waals surface area contributed by atoms with Crippen molar-refractivity contribution in [3.05, 3.63) is 34.9 Å². The molecule has 0 spiro atoms. The third-order valence-electron chi connectivity index (χ3n) is 4.76. The molecule has 3 heteroatoms. The zero-order valence-electron chi connectivity index (χ0n) is 12.2. The molecule has 0 aromatic heterocycles. The van der Waals surface area contributed by atoms with Crippen LogP contribution in [-0.2, 0) is 6.54 Å². The number of nitrogens with one attached hydrogen (secondary N) is 1. The minimum absolute atomic E-state index is 0.285. The summed E-state index contributed by atoms with van der Waals surface area (Å²) in [4.78, 5) is 0. The minimum Gasteiger partial charge on any atom is -0.310 e. The van der Waals surface area contributed by atoms with E-state index in [-0.39, 0.29) is 5.41 Å². The van der Waals surface area contributed by atoms with Crippen LogP contribution in [0.4, 0.5) is 0 Å². The van der Waals surface area contributed by atoms with E-state index in [1.807, 2.05) is 12.1 Å². The number of hydrogen-bond acceptors (Lipinski definition) is 2. The summed E-state index contributed by atoms with van der Waals surface area (Å²) < 4.78 is 0. The van der Waals surface area contributed by atoms with Gasteiger partial charge >= 0.3 is 0 Å². The van der Waals surface area contributed by atoms with Gasteiger partial charge in [-0.1, -0.05) is 30.7 Å². The van der Waals surface area contributed by atoms with Gasteiger partial charge in [0.05, 0.1) is 6.07 Å². The van der Waals surface area contributed by atoms with Crippen molar-refractivity contribution in [2.45, 2.75) is 58.0 Å². The fraction of sp³-hybridized carbons (Fsp3) is 0.588. The normalized spacial score (nSPS) is 26.1. The second-order valence-electron chi connectivity index (χ2n) is 5.97. The van der Waals surface area contributed by atoms with E-state index in [2.05, 4.69) is 30.4 Å². The molecule has 0 amide bonds. The van der Waals surface area contributed by atoms with Gasteiger partial charge in [-0.05, 0) is 55.2 Å². The van der Waals surface area contributed by atoms with Crippen molar-refractivity contribution in [3.8, 4) is 6.07 Å². The Labute approximate surface area is 127 Å². The molecular formula is C17H23ClN2. The Hall–Kier alpha value is -1.04. The van der Waals surface area contributed by atoms with Crippen molar-refractivity contribution in [2.24, 2.45) is 5.41 Å². The van der Waals surface area contributed by atoms with E-state index in [1.54, 1.807) is 0 Å². The Bertz CT molecular complexity index is 453. The summed E-state index contributed by atoms with van der Waals surface area (Å²) in [6, 6.07) is 11.0. The van der Waals surface area contributed by atoms with Gasteiger partial charge in [-0.15, -0.1) is 0 Å². The van der Waals surface area contributed by atoms with E-state index in [4.69, 9.17) is 16.9 Å². The van der Waals surface area contributed by atoms with Crippen LogP contribution in [-0.4, -0.2) is 6.04 Å². The first-order valence-electron chi connectivity index (χ1n) is 7.52. The van der Waals surface area contributed by atoms with Gasteiger partial charge in [0.1, 0.15) is 0 Å².